The molecule has 0 aromatic heterocycles. The van der Waals surface area contributed by atoms with Crippen molar-refractivity contribution in [3.05, 3.63) is 126 Å². The van der Waals surface area contributed by atoms with Gasteiger partial charge in [-0.25, -0.2) is 14.6 Å². The maximum atomic E-state index is 13.5. The van der Waals surface area contributed by atoms with E-state index in [1.807, 2.05) is 25.1 Å². The molecule has 4 aromatic carbocycles. The Bertz CT molecular complexity index is 1550. The van der Waals surface area contributed by atoms with Gasteiger partial charge in [-0.3, -0.25) is 14.4 Å². The maximum absolute atomic E-state index is 13.5. The van der Waals surface area contributed by atoms with Crippen LogP contribution in [0.3, 0.4) is 0 Å². The average molecular weight is 532 g/mol. The zero-order chi connectivity index (χ0) is 28.1. The molecule has 0 atom stereocenters. The molecule has 0 aliphatic carbocycles. The van der Waals surface area contributed by atoms with Crippen LogP contribution in [0.25, 0.3) is 6.08 Å². The molecule has 40 heavy (non-hydrogen) atoms. The number of hydrogen-bond donors (Lipinski definition) is 1. The highest BCUT2D eigenvalue weighted by atomic mass is 16.5. The number of anilines is 3. The van der Waals surface area contributed by atoms with Crippen molar-refractivity contribution in [1.82, 2.24) is 0 Å². The number of urea groups is 1. The zero-order valence-electron chi connectivity index (χ0n) is 21.6. The second kappa shape index (κ2) is 11.5. The Hall–Kier alpha value is -5.50. The standard InChI is InChI=1S/C32H25N3O5/c1-22-11-8-9-18-28(22)33-29(36)21-40-26-17-10-12-23(19-26)20-27-30(37)34(24-13-4-2-5-14-24)32(39)35(31(27)38)25-15-6-3-7-16-25/h2-20H,21H2,1H3,(H,33,36). The minimum Gasteiger partial charge on any atom is -0.484 e. The molecule has 4 aromatic rings. The van der Waals surface area contributed by atoms with E-state index < -0.39 is 17.8 Å². The molecule has 0 bridgehead atoms. The van der Waals surface area contributed by atoms with Gasteiger partial charge >= 0.3 is 6.03 Å². The predicted octanol–water partition coefficient (Wildman–Crippen LogP) is 5.60. The number of nitrogens with one attached hydrogen (secondary N) is 1. The minimum absolute atomic E-state index is 0.193. The van der Waals surface area contributed by atoms with Gasteiger partial charge in [0.15, 0.2) is 6.61 Å². The third-order valence-electron chi connectivity index (χ3n) is 6.24. The number of barbiturate groups is 1. The normalized spacial score (nSPS) is 13.3. The van der Waals surface area contributed by atoms with Gasteiger partial charge in [-0.05, 0) is 66.6 Å². The van der Waals surface area contributed by atoms with Crippen LogP contribution in [-0.2, 0) is 14.4 Å². The van der Waals surface area contributed by atoms with Gasteiger partial charge in [0.2, 0.25) is 0 Å². The summed E-state index contributed by atoms with van der Waals surface area (Å²) >= 11 is 0. The highest BCUT2D eigenvalue weighted by Gasteiger charge is 2.43. The van der Waals surface area contributed by atoms with E-state index in [2.05, 4.69) is 5.32 Å². The minimum atomic E-state index is -0.763. The van der Waals surface area contributed by atoms with E-state index in [1.54, 1.807) is 91.0 Å². The van der Waals surface area contributed by atoms with Crippen LogP contribution in [0.4, 0.5) is 21.9 Å². The van der Waals surface area contributed by atoms with Crippen molar-refractivity contribution < 1.29 is 23.9 Å². The van der Waals surface area contributed by atoms with Crippen molar-refractivity contribution in [2.24, 2.45) is 0 Å². The Balaban J connectivity index is 1.42. The van der Waals surface area contributed by atoms with E-state index >= 15 is 0 Å². The maximum Gasteiger partial charge on any atom is 0.343 e. The second-order valence-corrected chi connectivity index (χ2v) is 9.02. The largest absolute Gasteiger partial charge is 0.484 e. The van der Waals surface area contributed by atoms with E-state index in [1.165, 1.54) is 6.08 Å². The zero-order valence-corrected chi connectivity index (χ0v) is 21.6. The average Bonchev–Trinajstić information content (AvgIpc) is 2.97. The van der Waals surface area contributed by atoms with Gasteiger partial charge in [0.25, 0.3) is 17.7 Å². The van der Waals surface area contributed by atoms with Gasteiger partial charge in [0, 0.05) is 5.69 Å². The number of para-hydroxylation sites is 3. The van der Waals surface area contributed by atoms with E-state index in [0.717, 1.165) is 15.4 Å². The van der Waals surface area contributed by atoms with Crippen molar-refractivity contribution >= 4 is 46.9 Å². The van der Waals surface area contributed by atoms with E-state index in [4.69, 9.17) is 4.74 Å². The molecule has 1 saturated heterocycles. The summed E-state index contributed by atoms with van der Waals surface area (Å²) in [4.78, 5) is 54.9. The molecular weight excluding hydrogens is 506 g/mol. The summed E-state index contributed by atoms with van der Waals surface area (Å²) in [6.45, 7) is 1.66. The summed E-state index contributed by atoms with van der Waals surface area (Å²) in [5, 5.41) is 2.81. The van der Waals surface area contributed by atoms with Crippen LogP contribution in [0.2, 0.25) is 0 Å². The smallest absolute Gasteiger partial charge is 0.343 e. The van der Waals surface area contributed by atoms with Crippen LogP contribution in [0.5, 0.6) is 5.75 Å². The number of carbonyl (C=O) groups excluding carboxylic acids is 4. The lowest BCUT2D eigenvalue weighted by Gasteiger charge is -2.33. The Morgan fingerprint density at radius 2 is 1.32 bits per heavy atom. The van der Waals surface area contributed by atoms with Crippen LogP contribution in [0.15, 0.2) is 115 Å². The lowest BCUT2D eigenvalue weighted by molar-refractivity contribution is -0.121. The highest BCUT2D eigenvalue weighted by molar-refractivity contribution is 6.46. The number of benzene rings is 4. The van der Waals surface area contributed by atoms with E-state index in [0.29, 0.717) is 28.4 Å². The van der Waals surface area contributed by atoms with Gasteiger partial charge in [-0.15, -0.1) is 0 Å². The Labute approximate surface area is 231 Å². The molecule has 0 saturated carbocycles. The lowest BCUT2D eigenvalue weighted by Crippen LogP contribution is -2.57. The third-order valence-corrected chi connectivity index (χ3v) is 6.24. The van der Waals surface area contributed by atoms with Crippen molar-refractivity contribution in [2.45, 2.75) is 6.92 Å². The molecule has 8 nitrogen and oxygen atoms in total. The van der Waals surface area contributed by atoms with Gasteiger partial charge in [0.05, 0.1) is 11.4 Å². The molecule has 5 rings (SSSR count). The van der Waals surface area contributed by atoms with Crippen molar-refractivity contribution in [3.63, 3.8) is 0 Å². The van der Waals surface area contributed by atoms with Gasteiger partial charge in [0.1, 0.15) is 11.3 Å². The fourth-order valence-corrected chi connectivity index (χ4v) is 4.25. The first kappa shape index (κ1) is 26.1. The quantitative estimate of drug-likeness (QED) is 0.248. The van der Waals surface area contributed by atoms with Crippen LogP contribution in [-0.4, -0.2) is 30.4 Å². The van der Waals surface area contributed by atoms with E-state index in [-0.39, 0.29) is 18.1 Å². The first-order valence-corrected chi connectivity index (χ1v) is 12.6. The summed E-state index contributed by atoms with van der Waals surface area (Å²) in [6, 6.07) is 30.2. The number of ether oxygens (including phenoxy) is 1. The summed E-state index contributed by atoms with van der Waals surface area (Å²) in [7, 11) is 0. The monoisotopic (exact) mass is 531 g/mol. The third kappa shape index (κ3) is 5.51. The molecule has 1 heterocycles. The molecule has 198 valence electrons. The lowest BCUT2D eigenvalue weighted by atomic mass is 10.0. The number of nitrogens with zero attached hydrogens (tertiary/aromatic N) is 2. The Morgan fingerprint density at radius 3 is 1.93 bits per heavy atom. The first-order chi connectivity index (χ1) is 19.4. The van der Waals surface area contributed by atoms with Crippen LogP contribution in [0, 0.1) is 6.92 Å². The number of imide groups is 2. The van der Waals surface area contributed by atoms with Crippen molar-refractivity contribution in [3.8, 4) is 5.75 Å². The molecule has 1 aliphatic rings. The number of rotatable bonds is 7. The van der Waals surface area contributed by atoms with Crippen LogP contribution >= 0.6 is 0 Å². The second-order valence-electron chi connectivity index (χ2n) is 9.02. The van der Waals surface area contributed by atoms with Crippen LogP contribution < -0.4 is 19.9 Å². The summed E-state index contributed by atoms with van der Waals surface area (Å²) < 4.78 is 5.68. The molecular formula is C32H25N3O5. The molecule has 1 aliphatic heterocycles. The molecule has 1 fully saturated rings. The fraction of sp³-hybridized carbons (Fsp3) is 0.0625. The number of aryl methyl sites for hydroxylation is 1. The topological polar surface area (TPSA) is 96.0 Å². The number of carbonyl (C=O) groups is 4. The molecule has 5 amide bonds. The summed E-state index contributed by atoms with van der Waals surface area (Å²) in [5.41, 5.74) is 2.61. The van der Waals surface area contributed by atoms with Gasteiger partial charge in [-0.1, -0.05) is 66.7 Å². The number of amides is 5. The van der Waals surface area contributed by atoms with Crippen molar-refractivity contribution in [2.75, 3.05) is 21.7 Å². The summed E-state index contributed by atoms with van der Waals surface area (Å²) in [6.07, 6.45) is 1.42. The molecule has 0 unspecified atom stereocenters. The van der Waals surface area contributed by atoms with Crippen LogP contribution in [0.1, 0.15) is 11.1 Å². The van der Waals surface area contributed by atoms with E-state index in [9.17, 15) is 19.2 Å². The first-order valence-electron chi connectivity index (χ1n) is 12.6. The Kier molecular flexibility index (Phi) is 7.50. The molecule has 1 N–H and O–H groups in total. The van der Waals surface area contributed by atoms with Gasteiger partial charge < -0.3 is 10.1 Å². The summed E-state index contributed by atoms with van der Waals surface area (Å²) in [5.74, 6) is -1.43. The van der Waals surface area contributed by atoms with Gasteiger partial charge in [-0.2, -0.15) is 0 Å². The number of hydrogen-bond acceptors (Lipinski definition) is 5. The fourth-order valence-electron chi connectivity index (χ4n) is 4.25. The van der Waals surface area contributed by atoms with Crippen molar-refractivity contribution in [1.29, 1.82) is 0 Å². The molecule has 0 spiro atoms. The SMILES string of the molecule is Cc1ccccc1NC(=O)COc1cccc(C=C2C(=O)N(c3ccccc3)C(=O)N(c3ccccc3)C2=O)c1. The highest BCUT2D eigenvalue weighted by Crippen LogP contribution is 2.30. The molecule has 0 radical (unpaired) electrons. The predicted molar refractivity (Wildman–Crippen MR) is 153 cm³/mol. The molecule has 8 heteroatoms. The Morgan fingerprint density at radius 1 is 0.750 bits per heavy atom.